The largest absolute Gasteiger partial charge is 0.300 e. The van der Waals surface area contributed by atoms with Crippen LogP contribution in [-0.2, 0) is 9.59 Å². The molecule has 2 fully saturated rings. The maximum Gasteiger partial charge on any atom is 0.137 e. The lowest BCUT2D eigenvalue weighted by atomic mass is 9.75. The van der Waals surface area contributed by atoms with Crippen molar-refractivity contribution in [1.29, 1.82) is 0 Å². The molecule has 94 valence electrons. The van der Waals surface area contributed by atoms with Crippen LogP contribution in [0.5, 0.6) is 0 Å². The van der Waals surface area contributed by atoms with Gasteiger partial charge in [0.05, 0.1) is 0 Å². The van der Waals surface area contributed by atoms with Crippen molar-refractivity contribution in [2.75, 3.05) is 0 Å². The molecule has 2 saturated carbocycles. The lowest BCUT2D eigenvalue weighted by Gasteiger charge is -2.27. The van der Waals surface area contributed by atoms with Crippen LogP contribution in [0.3, 0.4) is 0 Å². The number of Topliss-reactive ketones (excluding diaryl/α,β-unsaturated/α-hetero) is 2. The van der Waals surface area contributed by atoms with Crippen molar-refractivity contribution in [1.82, 2.24) is 0 Å². The summed E-state index contributed by atoms with van der Waals surface area (Å²) < 4.78 is 0. The van der Waals surface area contributed by atoms with Crippen molar-refractivity contribution in [3.8, 4) is 0 Å². The summed E-state index contributed by atoms with van der Waals surface area (Å²) in [6.07, 6.45) is 2.55. The Morgan fingerprint density at radius 2 is 1.72 bits per heavy atom. The molecule has 2 aliphatic rings. The molecule has 0 saturated heterocycles. The molecule has 3 atom stereocenters. The summed E-state index contributed by atoms with van der Waals surface area (Å²) in [5.74, 6) is 1.14. The van der Waals surface area contributed by atoms with Gasteiger partial charge >= 0.3 is 0 Å². The van der Waals surface area contributed by atoms with Gasteiger partial charge in [0.2, 0.25) is 0 Å². The van der Waals surface area contributed by atoms with Gasteiger partial charge in [-0.1, -0.05) is 23.7 Å². The van der Waals surface area contributed by atoms with Crippen LogP contribution in [0.2, 0.25) is 5.02 Å². The van der Waals surface area contributed by atoms with E-state index in [-0.39, 0.29) is 23.4 Å². The molecule has 2 aliphatic carbocycles. The molecule has 3 heteroatoms. The standard InChI is InChI=1S/C15H15ClO2/c16-10-3-1-9(2-4-10)13-8-15(18)14-7-11(17)5-6-12(13)14/h1-4,12-14H,5-8H2/t12-,13+,14-/m0/s1. The molecule has 0 spiro atoms. The molecular weight excluding hydrogens is 248 g/mol. The highest BCUT2D eigenvalue weighted by atomic mass is 35.5. The van der Waals surface area contributed by atoms with Crippen LogP contribution in [0.4, 0.5) is 0 Å². The molecule has 0 aliphatic heterocycles. The van der Waals surface area contributed by atoms with Crippen LogP contribution < -0.4 is 0 Å². The van der Waals surface area contributed by atoms with Crippen molar-refractivity contribution in [2.24, 2.45) is 11.8 Å². The molecule has 2 nitrogen and oxygen atoms in total. The summed E-state index contributed by atoms with van der Waals surface area (Å²) in [6.45, 7) is 0. The molecule has 3 rings (SSSR count). The van der Waals surface area contributed by atoms with Crippen LogP contribution in [0, 0.1) is 11.8 Å². The zero-order chi connectivity index (χ0) is 12.7. The number of hydrogen-bond donors (Lipinski definition) is 0. The molecule has 0 aromatic heterocycles. The van der Waals surface area contributed by atoms with Crippen LogP contribution in [0.15, 0.2) is 24.3 Å². The number of ketones is 2. The number of halogens is 1. The molecule has 0 heterocycles. The van der Waals surface area contributed by atoms with Crippen molar-refractivity contribution in [3.05, 3.63) is 34.9 Å². The fraction of sp³-hybridized carbons (Fsp3) is 0.467. The highest BCUT2D eigenvalue weighted by Crippen LogP contribution is 2.47. The van der Waals surface area contributed by atoms with Gasteiger partial charge in [-0.15, -0.1) is 0 Å². The molecule has 0 N–H and O–H groups in total. The minimum atomic E-state index is -0.0214. The molecule has 0 radical (unpaired) electrons. The topological polar surface area (TPSA) is 34.1 Å². The van der Waals surface area contributed by atoms with Gasteiger partial charge < -0.3 is 0 Å². The van der Waals surface area contributed by atoms with E-state index in [1.807, 2.05) is 24.3 Å². The second-order valence-corrected chi connectivity index (χ2v) is 5.82. The summed E-state index contributed by atoms with van der Waals surface area (Å²) in [5.41, 5.74) is 1.19. The van der Waals surface area contributed by atoms with Gasteiger partial charge in [-0.05, 0) is 36.0 Å². The normalized spacial score (nSPS) is 31.5. The summed E-state index contributed by atoms with van der Waals surface area (Å²) in [7, 11) is 0. The van der Waals surface area contributed by atoms with Gasteiger partial charge in [0.15, 0.2) is 0 Å². The van der Waals surface area contributed by atoms with Crippen molar-refractivity contribution >= 4 is 23.2 Å². The van der Waals surface area contributed by atoms with Crippen LogP contribution in [0.1, 0.15) is 37.2 Å². The summed E-state index contributed by atoms with van der Waals surface area (Å²) in [6, 6.07) is 7.78. The van der Waals surface area contributed by atoms with Gasteiger partial charge in [-0.2, -0.15) is 0 Å². The average Bonchev–Trinajstić information content (AvgIpc) is 2.68. The first kappa shape index (κ1) is 11.9. The van der Waals surface area contributed by atoms with Crippen LogP contribution in [-0.4, -0.2) is 11.6 Å². The van der Waals surface area contributed by atoms with Crippen LogP contribution in [0.25, 0.3) is 0 Å². The maximum atomic E-state index is 12.0. The van der Waals surface area contributed by atoms with E-state index < -0.39 is 0 Å². The lowest BCUT2D eigenvalue weighted by Crippen LogP contribution is -2.26. The second-order valence-electron chi connectivity index (χ2n) is 5.38. The van der Waals surface area contributed by atoms with E-state index in [1.54, 1.807) is 0 Å². The first-order chi connectivity index (χ1) is 8.65. The first-order valence-electron chi connectivity index (χ1n) is 6.45. The maximum absolute atomic E-state index is 12.0. The highest BCUT2D eigenvalue weighted by Gasteiger charge is 2.45. The minimum Gasteiger partial charge on any atom is -0.300 e. The second kappa shape index (κ2) is 4.51. The number of hydrogen-bond acceptors (Lipinski definition) is 2. The third-order valence-electron chi connectivity index (χ3n) is 4.37. The third kappa shape index (κ3) is 1.99. The average molecular weight is 263 g/mol. The molecule has 1 aromatic carbocycles. The van der Waals surface area contributed by atoms with E-state index in [1.165, 1.54) is 5.56 Å². The number of carbonyl (C=O) groups is 2. The Morgan fingerprint density at radius 3 is 2.44 bits per heavy atom. The summed E-state index contributed by atoms with van der Waals surface area (Å²) in [5, 5.41) is 0.721. The molecule has 0 amide bonds. The van der Waals surface area contributed by atoms with E-state index in [0.717, 1.165) is 11.4 Å². The SMILES string of the molecule is O=C1CC[C@@H]2[C@H](C1)C(=O)C[C@@H]2c1ccc(Cl)cc1. The Balaban J connectivity index is 1.88. The Bertz CT molecular complexity index is 492. The Kier molecular flexibility index (Phi) is 2.98. The van der Waals surface area contributed by atoms with Crippen molar-refractivity contribution < 1.29 is 9.59 Å². The summed E-state index contributed by atoms with van der Waals surface area (Å²) >= 11 is 5.89. The lowest BCUT2D eigenvalue weighted by molar-refractivity contribution is -0.129. The number of carbonyl (C=O) groups excluding carboxylic acids is 2. The smallest absolute Gasteiger partial charge is 0.137 e. The quantitative estimate of drug-likeness (QED) is 0.778. The fourth-order valence-corrected chi connectivity index (χ4v) is 3.58. The number of fused-ring (bicyclic) bond motifs is 1. The van der Waals surface area contributed by atoms with Gasteiger partial charge in [0.25, 0.3) is 0 Å². The molecule has 0 bridgehead atoms. The number of rotatable bonds is 1. The zero-order valence-electron chi connectivity index (χ0n) is 10.1. The minimum absolute atomic E-state index is 0.0214. The van der Waals surface area contributed by atoms with Crippen molar-refractivity contribution in [2.45, 2.75) is 31.6 Å². The molecule has 1 aromatic rings. The molecule has 0 unspecified atom stereocenters. The first-order valence-corrected chi connectivity index (χ1v) is 6.83. The predicted molar refractivity (Wildman–Crippen MR) is 69.7 cm³/mol. The van der Waals surface area contributed by atoms with Crippen molar-refractivity contribution in [3.63, 3.8) is 0 Å². The fourth-order valence-electron chi connectivity index (χ4n) is 3.46. The van der Waals surface area contributed by atoms with E-state index in [9.17, 15) is 9.59 Å². The van der Waals surface area contributed by atoms with E-state index in [4.69, 9.17) is 11.6 Å². The van der Waals surface area contributed by atoms with E-state index in [0.29, 0.717) is 25.2 Å². The monoisotopic (exact) mass is 262 g/mol. The van der Waals surface area contributed by atoms with E-state index >= 15 is 0 Å². The third-order valence-corrected chi connectivity index (χ3v) is 4.62. The van der Waals surface area contributed by atoms with Gasteiger partial charge in [-0.3, -0.25) is 9.59 Å². The number of benzene rings is 1. The Labute approximate surface area is 111 Å². The van der Waals surface area contributed by atoms with Gasteiger partial charge in [0, 0.05) is 30.2 Å². The Morgan fingerprint density at radius 1 is 1.00 bits per heavy atom. The predicted octanol–water partition coefficient (Wildman–Crippen LogP) is 3.38. The summed E-state index contributed by atoms with van der Waals surface area (Å²) in [4.78, 5) is 23.5. The zero-order valence-corrected chi connectivity index (χ0v) is 10.8. The highest BCUT2D eigenvalue weighted by molar-refractivity contribution is 6.30. The van der Waals surface area contributed by atoms with Gasteiger partial charge in [0.1, 0.15) is 11.6 Å². The Hall–Kier alpha value is -1.15. The van der Waals surface area contributed by atoms with E-state index in [2.05, 4.69) is 0 Å². The van der Waals surface area contributed by atoms with Gasteiger partial charge in [-0.25, -0.2) is 0 Å². The molecular formula is C15H15ClO2. The molecule has 18 heavy (non-hydrogen) atoms. The van der Waals surface area contributed by atoms with Crippen LogP contribution >= 0.6 is 11.6 Å².